The second-order valence-electron chi connectivity index (χ2n) is 6.19. The number of hydrogen-bond acceptors (Lipinski definition) is 2. The Hall–Kier alpha value is -2.14. The van der Waals surface area contributed by atoms with Gasteiger partial charge in [0, 0.05) is 35.8 Å². The standard InChI is InChI=1S/C18H21N3OS/c1-4-21-17(22)15(19-18(21)23)9-13-11-20(10-12(2)3)16-8-6-5-7-14(13)16/h5-9,11-12H,4,10H2,1-3H3,(H,19,23)/b15-9-. The van der Waals surface area contributed by atoms with Crippen LogP contribution in [0.15, 0.2) is 36.2 Å². The number of nitrogens with one attached hydrogen (secondary N) is 1. The predicted octanol–water partition coefficient (Wildman–Crippen LogP) is 3.37. The number of thiocarbonyl (C=S) groups is 1. The van der Waals surface area contributed by atoms with Crippen molar-refractivity contribution in [2.75, 3.05) is 6.54 Å². The molecule has 0 unspecified atom stereocenters. The first-order valence-corrected chi connectivity index (χ1v) is 8.34. The van der Waals surface area contributed by atoms with Crippen molar-refractivity contribution < 1.29 is 4.79 Å². The average molecular weight is 327 g/mol. The normalized spacial score (nSPS) is 16.9. The van der Waals surface area contributed by atoms with E-state index in [4.69, 9.17) is 12.2 Å². The van der Waals surface area contributed by atoms with Crippen LogP contribution in [0.5, 0.6) is 0 Å². The molecule has 1 aliphatic heterocycles. The minimum atomic E-state index is -0.0572. The Labute approximate surface area is 141 Å². The highest BCUT2D eigenvalue weighted by Crippen LogP contribution is 2.25. The van der Waals surface area contributed by atoms with E-state index < -0.39 is 0 Å². The molecule has 3 rings (SSSR count). The zero-order chi connectivity index (χ0) is 16.6. The number of carbonyl (C=O) groups is 1. The Balaban J connectivity index is 2.05. The van der Waals surface area contributed by atoms with E-state index in [0.29, 0.717) is 23.3 Å². The van der Waals surface area contributed by atoms with Crippen LogP contribution in [0.1, 0.15) is 26.3 Å². The van der Waals surface area contributed by atoms with Crippen molar-refractivity contribution in [3.8, 4) is 0 Å². The molecule has 120 valence electrons. The summed E-state index contributed by atoms with van der Waals surface area (Å²) >= 11 is 5.22. The third kappa shape index (κ3) is 2.88. The van der Waals surface area contributed by atoms with Crippen LogP contribution in [-0.2, 0) is 11.3 Å². The van der Waals surface area contributed by atoms with Gasteiger partial charge in [0.25, 0.3) is 5.91 Å². The molecule has 1 amide bonds. The van der Waals surface area contributed by atoms with Crippen LogP contribution >= 0.6 is 12.2 Å². The van der Waals surface area contributed by atoms with Crippen molar-refractivity contribution in [3.05, 3.63) is 41.7 Å². The molecule has 1 aliphatic rings. The Bertz CT molecular complexity index is 804. The molecule has 1 aromatic carbocycles. The number of amides is 1. The van der Waals surface area contributed by atoms with Crippen molar-refractivity contribution in [1.29, 1.82) is 0 Å². The second kappa shape index (κ2) is 6.16. The van der Waals surface area contributed by atoms with Crippen LogP contribution in [0.2, 0.25) is 0 Å². The van der Waals surface area contributed by atoms with E-state index in [9.17, 15) is 4.79 Å². The fourth-order valence-electron chi connectivity index (χ4n) is 2.95. The van der Waals surface area contributed by atoms with Gasteiger partial charge in [-0.3, -0.25) is 9.69 Å². The summed E-state index contributed by atoms with van der Waals surface area (Å²) in [5, 5.41) is 4.66. The number of likely N-dealkylation sites (N-methyl/N-ethyl adjacent to an activating group) is 1. The average Bonchev–Trinajstić information content (AvgIpc) is 2.98. The Morgan fingerprint density at radius 1 is 1.30 bits per heavy atom. The topological polar surface area (TPSA) is 37.3 Å². The van der Waals surface area contributed by atoms with Crippen LogP contribution in [0, 0.1) is 5.92 Å². The van der Waals surface area contributed by atoms with Gasteiger partial charge in [0.05, 0.1) is 0 Å². The molecule has 4 nitrogen and oxygen atoms in total. The summed E-state index contributed by atoms with van der Waals surface area (Å²) in [7, 11) is 0. The first-order chi connectivity index (χ1) is 11.0. The van der Waals surface area contributed by atoms with Gasteiger partial charge in [-0.05, 0) is 37.2 Å². The minimum absolute atomic E-state index is 0.0572. The van der Waals surface area contributed by atoms with E-state index in [-0.39, 0.29) is 5.91 Å². The highest BCUT2D eigenvalue weighted by atomic mass is 32.1. The molecule has 2 heterocycles. The Morgan fingerprint density at radius 3 is 2.70 bits per heavy atom. The van der Waals surface area contributed by atoms with Crippen LogP contribution in [-0.4, -0.2) is 27.0 Å². The van der Waals surface area contributed by atoms with Gasteiger partial charge in [0.1, 0.15) is 5.70 Å². The molecule has 0 atom stereocenters. The summed E-state index contributed by atoms with van der Waals surface area (Å²) in [4.78, 5) is 14.0. The zero-order valence-electron chi connectivity index (χ0n) is 13.7. The third-order valence-corrected chi connectivity index (χ3v) is 4.28. The largest absolute Gasteiger partial charge is 0.347 e. The first kappa shape index (κ1) is 15.7. The molecular weight excluding hydrogens is 306 g/mol. The lowest BCUT2D eigenvalue weighted by Gasteiger charge is -2.08. The van der Waals surface area contributed by atoms with Gasteiger partial charge in [0.15, 0.2) is 5.11 Å². The molecule has 1 N–H and O–H groups in total. The number of rotatable bonds is 4. The van der Waals surface area contributed by atoms with Gasteiger partial charge in [-0.2, -0.15) is 0 Å². The molecule has 1 aromatic heterocycles. The SMILES string of the molecule is CCN1C(=O)/C(=C/c2cn(CC(C)C)c3ccccc23)NC1=S. The lowest BCUT2D eigenvalue weighted by atomic mass is 10.1. The zero-order valence-corrected chi connectivity index (χ0v) is 14.5. The van der Waals surface area contributed by atoms with Crippen LogP contribution in [0.25, 0.3) is 17.0 Å². The maximum atomic E-state index is 12.4. The van der Waals surface area contributed by atoms with Gasteiger partial charge in [-0.25, -0.2) is 0 Å². The molecule has 0 spiro atoms. The Kier molecular flexibility index (Phi) is 4.22. The number of para-hydroxylation sites is 1. The van der Waals surface area contributed by atoms with Gasteiger partial charge in [0.2, 0.25) is 0 Å². The summed E-state index contributed by atoms with van der Waals surface area (Å²) in [6.07, 6.45) is 4.02. The Morgan fingerprint density at radius 2 is 2.04 bits per heavy atom. The van der Waals surface area contributed by atoms with E-state index >= 15 is 0 Å². The van der Waals surface area contributed by atoms with Gasteiger partial charge >= 0.3 is 0 Å². The van der Waals surface area contributed by atoms with Crippen molar-refractivity contribution >= 4 is 40.2 Å². The van der Waals surface area contributed by atoms with Gasteiger partial charge < -0.3 is 9.88 Å². The summed E-state index contributed by atoms with van der Waals surface area (Å²) in [5.74, 6) is 0.499. The summed E-state index contributed by atoms with van der Waals surface area (Å²) in [6.45, 7) is 7.85. The van der Waals surface area contributed by atoms with E-state index in [1.165, 1.54) is 5.52 Å². The maximum Gasteiger partial charge on any atom is 0.276 e. The molecule has 1 saturated heterocycles. The molecule has 0 aliphatic carbocycles. The molecule has 0 saturated carbocycles. The molecule has 5 heteroatoms. The van der Waals surface area contributed by atoms with Gasteiger partial charge in [-0.1, -0.05) is 32.0 Å². The van der Waals surface area contributed by atoms with Gasteiger partial charge in [-0.15, -0.1) is 0 Å². The highest BCUT2D eigenvalue weighted by Gasteiger charge is 2.29. The van der Waals surface area contributed by atoms with Crippen molar-refractivity contribution in [2.45, 2.75) is 27.3 Å². The number of aromatic nitrogens is 1. The summed E-state index contributed by atoms with van der Waals surface area (Å²) < 4.78 is 2.25. The van der Waals surface area contributed by atoms with E-state index in [1.807, 2.05) is 25.1 Å². The number of hydrogen-bond donors (Lipinski definition) is 1. The second-order valence-corrected chi connectivity index (χ2v) is 6.57. The molecular formula is C18H21N3OS. The first-order valence-electron chi connectivity index (χ1n) is 7.93. The van der Waals surface area contributed by atoms with Crippen LogP contribution in [0.3, 0.4) is 0 Å². The van der Waals surface area contributed by atoms with Crippen molar-refractivity contribution in [2.24, 2.45) is 5.92 Å². The monoisotopic (exact) mass is 327 g/mol. The fraction of sp³-hybridized carbons (Fsp3) is 0.333. The van der Waals surface area contributed by atoms with E-state index in [2.05, 4.69) is 42.1 Å². The fourth-order valence-corrected chi connectivity index (χ4v) is 3.27. The lowest BCUT2D eigenvalue weighted by Crippen LogP contribution is -2.30. The lowest BCUT2D eigenvalue weighted by molar-refractivity contribution is -0.122. The summed E-state index contributed by atoms with van der Waals surface area (Å²) in [5.41, 5.74) is 2.77. The molecule has 2 aromatic rings. The molecule has 0 radical (unpaired) electrons. The van der Waals surface area contributed by atoms with Crippen molar-refractivity contribution in [3.63, 3.8) is 0 Å². The quantitative estimate of drug-likeness (QED) is 0.691. The minimum Gasteiger partial charge on any atom is -0.347 e. The van der Waals surface area contributed by atoms with Crippen molar-refractivity contribution in [1.82, 2.24) is 14.8 Å². The van der Waals surface area contributed by atoms with Crippen LogP contribution < -0.4 is 5.32 Å². The van der Waals surface area contributed by atoms with E-state index in [0.717, 1.165) is 17.5 Å². The number of nitrogens with zero attached hydrogens (tertiary/aromatic N) is 2. The smallest absolute Gasteiger partial charge is 0.276 e. The third-order valence-electron chi connectivity index (χ3n) is 3.96. The number of fused-ring (bicyclic) bond motifs is 1. The molecule has 1 fully saturated rings. The maximum absolute atomic E-state index is 12.4. The number of carbonyl (C=O) groups excluding carboxylic acids is 1. The summed E-state index contributed by atoms with van der Waals surface area (Å²) in [6, 6.07) is 8.28. The highest BCUT2D eigenvalue weighted by molar-refractivity contribution is 7.80. The van der Waals surface area contributed by atoms with E-state index in [1.54, 1.807) is 4.90 Å². The number of benzene rings is 1. The predicted molar refractivity (Wildman–Crippen MR) is 97.9 cm³/mol. The molecule has 0 bridgehead atoms. The van der Waals surface area contributed by atoms with Crippen LogP contribution in [0.4, 0.5) is 0 Å². The molecule has 23 heavy (non-hydrogen) atoms.